The second-order valence-corrected chi connectivity index (χ2v) is 4.60. The maximum atomic E-state index is 9.31. The van der Waals surface area contributed by atoms with Gasteiger partial charge in [0.2, 0.25) is 0 Å². The summed E-state index contributed by atoms with van der Waals surface area (Å²) in [5.41, 5.74) is 3.86. The van der Waals surface area contributed by atoms with Crippen molar-refractivity contribution in [3.63, 3.8) is 0 Å². The molecule has 0 aliphatic heterocycles. The summed E-state index contributed by atoms with van der Waals surface area (Å²) in [7, 11) is 0. The van der Waals surface area contributed by atoms with Crippen molar-refractivity contribution in [3.05, 3.63) is 47.7 Å². The summed E-state index contributed by atoms with van der Waals surface area (Å²) in [6.07, 6.45) is 3.95. The van der Waals surface area contributed by atoms with E-state index in [9.17, 15) is 5.11 Å². The molecule has 1 heterocycles. The van der Waals surface area contributed by atoms with Crippen molar-refractivity contribution in [3.8, 4) is 0 Å². The van der Waals surface area contributed by atoms with Gasteiger partial charge >= 0.3 is 0 Å². The van der Waals surface area contributed by atoms with Crippen LogP contribution in [0.1, 0.15) is 25.0 Å². The molecular formula is C16H22N2O. The smallest absolute Gasteiger partial charge is 0.110 e. The van der Waals surface area contributed by atoms with E-state index in [1.54, 1.807) is 0 Å². The number of hydrogen-bond donors (Lipinski definition) is 2. The Morgan fingerprint density at radius 2 is 2.00 bits per heavy atom. The number of aryl methyl sites for hydroxylation is 2. The lowest BCUT2D eigenvalue weighted by molar-refractivity contribution is 0.305. The number of nitrogens with one attached hydrogen (secondary N) is 1. The Hall–Kier alpha value is -1.74. The minimum Gasteiger partial charge on any atom is -0.395 e. The highest BCUT2D eigenvalue weighted by atomic mass is 16.3. The van der Waals surface area contributed by atoms with Crippen LogP contribution < -0.4 is 4.90 Å². The minimum absolute atomic E-state index is 0.137. The SMILES string of the molecule is CCc1ccc(N(CCO)c2ccc[nH]2)c(CC)c1. The van der Waals surface area contributed by atoms with Crippen LogP contribution in [0.3, 0.4) is 0 Å². The molecule has 0 atom stereocenters. The molecule has 1 aromatic carbocycles. The first-order valence-corrected chi connectivity index (χ1v) is 6.93. The lowest BCUT2D eigenvalue weighted by Crippen LogP contribution is -2.22. The summed E-state index contributed by atoms with van der Waals surface area (Å²) in [5, 5.41) is 9.31. The highest BCUT2D eigenvalue weighted by Gasteiger charge is 2.13. The van der Waals surface area contributed by atoms with Gasteiger partial charge in [-0.05, 0) is 42.2 Å². The molecule has 0 spiro atoms. The number of H-pyrrole nitrogens is 1. The van der Waals surface area contributed by atoms with Gasteiger partial charge in [-0.3, -0.25) is 0 Å². The zero-order chi connectivity index (χ0) is 13.7. The zero-order valence-electron chi connectivity index (χ0n) is 11.7. The lowest BCUT2D eigenvalue weighted by Gasteiger charge is -2.25. The van der Waals surface area contributed by atoms with Gasteiger partial charge in [-0.25, -0.2) is 0 Å². The average Bonchev–Trinajstić information content (AvgIpc) is 2.98. The van der Waals surface area contributed by atoms with Crippen LogP contribution >= 0.6 is 0 Å². The van der Waals surface area contributed by atoms with Gasteiger partial charge in [0.25, 0.3) is 0 Å². The van der Waals surface area contributed by atoms with E-state index < -0.39 is 0 Å². The molecule has 2 aromatic rings. The molecule has 3 nitrogen and oxygen atoms in total. The zero-order valence-corrected chi connectivity index (χ0v) is 11.7. The maximum absolute atomic E-state index is 9.31. The molecule has 0 saturated carbocycles. The summed E-state index contributed by atoms with van der Waals surface area (Å²) < 4.78 is 0. The molecular weight excluding hydrogens is 236 g/mol. The standard InChI is InChI=1S/C16H22N2O/c1-3-13-7-8-15(14(4-2)12-13)18(10-11-19)16-6-5-9-17-16/h5-9,12,17,19H,3-4,10-11H2,1-2H3. The fraction of sp³-hybridized carbons (Fsp3) is 0.375. The maximum Gasteiger partial charge on any atom is 0.110 e. The highest BCUT2D eigenvalue weighted by Crippen LogP contribution is 2.28. The van der Waals surface area contributed by atoms with Crippen LogP contribution in [0.5, 0.6) is 0 Å². The van der Waals surface area contributed by atoms with Crippen LogP contribution in [0.25, 0.3) is 0 Å². The molecule has 2 rings (SSSR count). The molecule has 102 valence electrons. The topological polar surface area (TPSA) is 39.3 Å². The first-order valence-electron chi connectivity index (χ1n) is 6.93. The lowest BCUT2D eigenvalue weighted by atomic mass is 10.0. The van der Waals surface area contributed by atoms with Crippen molar-refractivity contribution in [2.75, 3.05) is 18.1 Å². The Labute approximate surface area is 114 Å². The average molecular weight is 258 g/mol. The fourth-order valence-corrected chi connectivity index (χ4v) is 2.36. The van der Waals surface area contributed by atoms with E-state index in [1.807, 2.05) is 18.3 Å². The van der Waals surface area contributed by atoms with E-state index in [0.29, 0.717) is 6.54 Å². The number of hydrogen-bond acceptors (Lipinski definition) is 2. The number of aromatic amines is 1. The van der Waals surface area contributed by atoms with Gasteiger partial charge in [0.1, 0.15) is 5.82 Å². The summed E-state index contributed by atoms with van der Waals surface area (Å²) in [4.78, 5) is 5.35. The normalized spacial score (nSPS) is 10.7. The van der Waals surface area contributed by atoms with Crippen LogP contribution in [0.4, 0.5) is 11.5 Å². The molecule has 2 N–H and O–H groups in total. The monoisotopic (exact) mass is 258 g/mol. The Morgan fingerprint density at radius 1 is 1.16 bits per heavy atom. The van der Waals surface area contributed by atoms with Crippen molar-refractivity contribution >= 4 is 11.5 Å². The number of aliphatic hydroxyl groups is 1. The van der Waals surface area contributed by atoms with Crippen LogP contribution in [0.2, 0.25) is 0 Å². The van der Waals surface area contributed by atoms with Crippen molar-refractivity contribution in [1.82, 2.24) is 4.98 Å². The van der Waals surface area contributed by atoms with Crippen molar-refractivity contribution < 1.29 is 5.11 Å². The van der Waals surface area contributed by atoms with Gasteiger partial charge in [-0.15, -0.1) is 0 Å². The van der Waals surface area contributed by atoms with Crippen LogP contribution in [-0.2, 0) is 12.8 Å². The first kappa shape index (κ1) is 13.7. The molecule has 0 aliphatic rings. The quantitative estimate of drug-likeness (QED) is 0.834. The molecule has 0 unspecified atom stereocenters. The Balaban J connectivity index is 2.41. The van der Waals surface area contributed by atoms with E-state index in [4.69, 9.17) is 0 Å². The number of anilines is 2. The number of aromatic nitrogens is 1. The fourth-order valence-electron chi connectivity index (χ4n) is 2.36. The van der Waals surface area contributed by atoms with Crippen molar-refractivity contribution in [1.29, 1.82) is 0 Å². The van der Waals surface area contributed by atoms with Gasteiger partial charge in [-0.1, -0.05) is 26.0 Å². The molecule has 0 saturated heterocycles. The third kappa shape index (κ3) is 2.99. The minimum atomic E-state index is 0.137. The molecule has 3 heteroatoms. The molecule has 0 fully saturated rings. The number of nitrogens with zero attached hydrogens (tertiary/aromatic N) is 1. The predicted molar refractivity (Wildman–Crippen MR) is 80.1 cm³/mol. The van der Waals surface area contributed by atoms with Crippen molar-refractivity contribution in [2.45, 2.75) is 26.7 Å². The Kier molecular flexibility index (Phi) is 4.63. The summed E-state index contributed by atoms with van der Waals surface area (Å²) >= 11 is 0. The number of benzene rings is 1. The van der Waals surface area contributed by atoms with E-state index >= 15 is 0 Å². The third-order valence-electron chi connectivity index (χ3n) is 3.42. The molecule has 0 bridgehead atoms. The number of aliphatic hydroxyl groups excluding tert-OH is 1. The van der Waals surface area contributed by atoms with Crippen LogP contribution in [0.15, 0.2) is 36.5 Å². The predicted octanol–water partition coefficient (Wildman–Crippen LogP) is 3.27. The number of rotatable bonds is 6. The van der Waals surface area contributed by atoms with Gasteiger partial charge in [0, 0.05) is 18.4 Å². The van der Waals surface area contributed by atoms with Crippen LogP contribution in [-0.4, -0.2) is 23.2 Å². The molecule has 0 amide bonds. The van der Waals surface area contributed by atoms with Gasteiger partial charge in [0.05, 0.1) is 6.61 Å². The van der Waals surface area contributed by atoms with Gasteiger partial charge in [0.15, 0.2) is 0 Å². The summed E-state index contributed by atoms with van der Waals surface area (Å²) in [5.74, 6) is 1.02. The molecule has 0 radical (unpaired) electrons. The molecule has 19 heavy (non-hydrogen) atoms. The Bertz CT molecular complexity index is 505. The molecule has 1 aromatic heterocycles. The second kappa shape index (κ2) is 6.43. The highest BCUT2D eigenvalue weighted by molar-refractivity contribution is 5.64. The van der Waals surface area contributed by atoms with Gasteiger partial charge in [-0.2, -0.15) is 0 Å². The van der Waals surface area contributed by atoms with Crippen LogP contribution in [0, 0.1) is 0 Å². The summed E-state index contributed by atoms with van der Waals surface area (Å²) in [6, 6.07) is 10.6. The summed E-state index contributed by atoms with van der Waals surface area (Å²) in [6.45, 7) is 5.08. The Morgan fingerprint density at radius 3 is 2.58 bits per heavy atom. The van der Waals surface area contributed by atoms with Gasteiger partial charge < -0.3 is 15.0 Å². The van der Waals surface area contributed by atoms with E-state index in [2.05, 4.69) is 41.9 Å². The largest absolute Gasteiger partial charge is 0.395 e. The molecule has 0 aliphatic carbocycles. The van der Waals surface area contributed by atoms with Crippen molar-refractivity contribution in [2.24, 2.45) is 0 Å². The third-order valence-corrected chi connectivity index (χ3v) is 3.42. The first-order chi connectivity index (χ1) is 9.30. The van der Waals surface area contributed by atoms with E-state index in [1.165, 1.54) is 16.8 Å². The van der Waals surface area contributed by atoms with E-state index in [0.717, 1.165) is 18.7 Å². The second-order valence-electron chi connectivity index (χ2n) is 4.60. The van der Waals surface area contributed by atoms with E-state index in [-0.39, 0.29) is 6.61 Å².